The summed E-state index contributed by atoms with van der Waals surface area (Å²) in [5.41, 5.74) is 2.57. The SMILES string of the molecule is C=C/C(=C\C=C(C)C)C/C=C\C. The Labute approximate surface area is 76.0 Å². The van der Waals surface area contributed by atoms with Crippen molar-refractivity contribution < 1.29 is 0 Å². The molecule has 0 aliphatic rings. The summed E-state index contributed by atoms with van der Waals surface area (Å²) in [5.74, 6) is 0. The predicted molar refractivity (Wildman–Crippen MR) is 57.1 cm³/mol. The first-order chi connectivity index (χ1) is 5.70. The van der Waals surface area contributed by atoms with Crippen LogP contribution in [0.25, 0.3) is 0 Å². The van der Waals surface area contributed by atoms with Gasteiger partial charge in [-0.1, -0.05) is 42.5 Å². The highest BCUT2D eigenvalue weighted by Crippen LogP contribution is 2.04. The molecular formula is C12H18. The predicted octanol–water partition coefficient (Wildman–Crippen LogP) is 4.03. The van der Waals surface area contributed by atoms with Crippen molar-refractivity contribution in [3.05, 3.63) is 48.1 Å². The molecule has 0 atom stereocenters. The largest absolute Gasteiger partial charge is 0.0988 e. The van der Waals surface area contributed by atoms with E-state index >= 15 is 0 Å². The average molecular weight is 162 g/mol. The van der Waals surface area contributed by atoms with Gasteiger partial charge in [-0.2, -0.15) is 0 Å². The zero-order chi connectivity index (χ0) is 9.40. The number of hydrogen-bond donors (Lipinski definition) is 0. The first-order valence-corrected chi connectivity index (χ1v) is 4.28. The van der Waals surface area contributed by atoms with Crippen LogP contribution in [0.4, 0.5) is 0 Å². The van der Waals surface area contributed by atoms with E-state index in [1.807, 2.05) is 13.0 Å². The van der Waals surface area contributed by atoms with E-state index < -0.39 is 0 Å². The van der Waals surface area contributed by atoms with E-state index in [4.69, 9.17) is 0 Å². The van der Waals surface area contributed by atoms with E-state index in [0.717, 1.165) is 6.42 Å². The van der Waals surface area contributed by atoms with Crippen molar-refractivity contribution in [1.82, 2.24) is 0 Å². The van der Waals surface area contributed by atoms with Crippen molar-refractivity contribution in [1.29, 1.82) is 0 Å². The zero-order valence-corrected chi connectivity index (χ0v) is 8.30. The summed E-state index contributed by atoms with van der Waals surface area (Å²) >= 11 is 0. The normalized spacial score (nSPS) is 11.8. The third-order valence-electron chi connectivity index (χ3n) is 1.48. The molecule has 0 bridgehead atoms. The van der Waals surface area contributed by atoms with Gasteiger partial charge in [0.1, 0.15) is 0 Å². The van der Waals surface area contributed by atoms with Crippen LogP contribution >= 0.6 is 0 Å². The summed E-state index contributed by atoms with van der Waals surface area (Å²) in [5, 5.41) is 0. The van der Waals surface area contributed by atoms with Crippen molar-refractivity contribution in [2.75, 3.05) is 0 Å². The fraction of sp³-hybridized carbons (Fsp3) is 0.333. The fourth-order valence-electron chi connectivity index (χ4n) is 0.747. The molecule has 0 amide bonds. The summed E-state index contributed by atoms with van der Waals surface area (Å²) in [6.07, 6.45) is 11.3. The molecule has 0 aliphatic carbocycles. The fourth-order valence-corrected chi connectivity index (χ4v) is 0.747. The Bertz CT molecular complexity index is 210. The van der Waals surface area contributed by atoms with Crippen molar-refractivity contribution >= 4 is 0 Å². The lowest BCUT2D eigenvalue weighted by molar-refractivity contribution is 1.27. The monoisotopic (exact) mass is 162 g/mol. The molecular weight excluding hydrogens is 144 g/mol. The lowest BCUT2D eigenvalue weighted by Gasteiger charge is -1.94. The van der Waals surface area contributed by atoms with Crippen molar-refractivity contribution in [2.45, 2.75) is 27.2 Å². The molecule has 0 aliphatic heterocycles. The molecule has 0 aromatic heterocycles. The zero-order valence-electron chi connectivity index (χ0n) is 8.30. The van der Waals surface area contributed by atoms with Gasteiger partial charge in [-0.25, -0.2) is 0 Å². The maximum Gasteiger partial charge on any atom is -0.00978 e. The van der Waals surface area contributed by atoms with Gasteiger partial charge >= 0.3 is 0 Å². The second kappa shape index (κ2) is 6.66. The highest BCUT2D eigenvalue weighted by Gasteiger charge is 1.84. The van der Waals surface area contributed by atoms with Crippen LogP contribution in [0.1, 0.15) is 27.2 Å². The Morgan fingerprint density at radius 3 is 2.33 bits per heavy atom. The van der Waals surface area contributed by atoms with Crippen LogP contribution in [0.15, 0.2) is 48.1 Å². The molecule has 0 spiro atoms. The van der Waals surface area contributed by atoms with Crippen LogP contribution in [0.2, 0.25) is 0 Å². The second-order valence-corrected chi connectivity index (χ2v) is 2.96. The van der Waals surface area contributed by atoms with Crippen LogP contribution in [-0.2, 0) is 0 Å². The lowest BCUT2D eigenvalue weighted by Crippen LogP contribution is -1.73. The summed E-state index contributed by atoms with van der Waals surface area (Å²) in [6.45, 7) is 9.97. The maximum absolute atomic E-state index is 3.76. The van der Waals surface area contributed by atoms with E-state index in [-0.39, 0.29) is 0 Å². The van der Waals surface area contributed by atoms with Gasteiger partial charge in [0.05, 0.1) is 0 Å². The molecule has 0 unspecified atom stereocenters. The molecule has 0 N–H and O–H groups in total. The number of allylic oxidation sites excluding steroid dienone is 7. The molecule has 0 aromatic rings. The molecule has 0 saturated carbocycles. The molecule has 12 heavy (non-hydrogen) atoms. The standard InChI is InChI=1S/C12H18/c1-5-7-8-12(6-2)10-9-11(3)4/h5-7,9-10H,2,8H2,1,3-4H3/b7-5-,12-10+. The van der Waals surface area contributed by atoms with Gasteiger partial charge in [-0.3, -0.25) is 0 Å². The Kier molecular flexibility index (Phi) is 6.08. The van der Waals surface area contributed by atoms with Crippen LogP contribution in [0.5, 0.6) is 0 Å². The topological polar surface area (TPSA) is 0 Å². The summed E-state index contributed by atoms with van der Waals surface area (Å²) in [6, 6.07) is 0. The molecule has 0 rings (SSSR count). The lowest BCUT2D eigenvalue weighted by atomic mass is 10.1. The Morgan fingerprint density at radius 2 is 1.92 bits per heavy atom. The number of hydrogen-bond acceptors (Lipinski definition) is 0. The van der Waals surface area contributed by atoms with Gasteiger partial charge < -0.3 is 0 Å². The molecule has 0 saturated heterocycles. The van der Waals surface area contributed by atoms with Gasteiger partial charge in [-0.15, -0.1) is 0 Å². The molecule has 0 radical (unpaired) electrons. The van der Waals surface area contributed by atoms with Gasteiger partial charge in [-0.05, 0) is 32.8 Å². The second-order valence-electron chi connectivity index (χ2n) is 2.96. The van der Waals surface area contributed by atoms with Gasteiger partial charge in [0.15, 0.2) is 0 Å². The summed E-state index contributed by atoms with van der Waals surface area (Å²) in [4.78, 5) is 0. The van der Waals surface area contributed by atoms with Gasteiger partial charge in [0.2, 0.25) is 0 Å². The molecule has 0 nitrogen and oxygen atoms in total. The third-order valence-corrected chi connectivity index (χ3v) is 1.48. The molecule has 66 valence electrons. The number of rotatable bonds is 4. The van der Waals surface area contributed by atoms with E-state index in [0.29, 0.717) is 0 Å². The molecule has 0 heterocycles. The molecule has 0 aromatic carbocycles. The van der Waals surface area contributed by atoms with Crippen LogP contribution in [0, 0.1) is 0 Å². The van der Waals surface area contributed by atoms with E-state index in [2.05, 4.69) is 44.7 Å². The minimum absolute atomic E-state index is 0.976. The van der Waals surface area contributed by atoms with E-state index in [1.165, 1.54) is 11.1 Å². The summed E-state index contributed by atoms with van der Waals surface area (Å²) < 4.78 is 0. The van der Waals surface area contributed by atoms with Crippen molar-refractivity contribution in [3.8, 4) is 0 Å². The molecule has 0 fully saturated rings. The Balaban J connectivity index is 4.23. The molecule has 0 heteroatoms. The highest BCUT2D eigenvalue weighted by molar-refractivity contribution is 5.25. The summed E-state index contributed by atoms with van der Waals surface area (Å²) in [7, 11) is 0. The minimum Gasteiger partial charge on any atom is -0.0988 e. The third kappa shape index (κ3) is 5.72. The minimum atomic E-state index is 0.976. The Hall–Kier alpha value is -1.04. The van der Waals surface area contributed by atoms with E-state index in [9.17, 15) is 0 Å². The van der Waals surface area contributed by atoms with Gasteiger partial charge in [0.25, 0.3) is 0 Å². The van der Waals surface area contributed by atoms with Crippen molar-refractivity contribution in [2.24, 2.45) is 0 Å². The quantitative estimate of drug-likeness (QED) is 0.432. The van der Waals surface area contributed by atoms with Crippen LogP contribution < -0.4 is 0 Å². The van der Waals surface area contributed by atoms with Crippen LogP contribution in [0.3, 0.4) is 0 Å². The highest BCUT2D eigenvalue weighted by atomic mass is 13.9. The first kappa shape index (κ1) is 11.0. The van der Waals surface area contributed by atoms with Crippen LogP contribution in [-0.4, -0.2) is 0 Å². The maximum atomic E-state index is 3.76. The van der Waals surface area contributed by atoms with E-state index in [1.54, 1.807) is 0 Å². The smallest absolute Gasteiger partial charge is 0.00978 e. The Morgan fingerprint density at radius 1 is 1.25 bits per heavy atom. The first-order valence-electron chi connectivity index (χ1n) is 4.28. The van der Waals surface area contributed by atoms with Gasteiger partial charge in [0, 0.05) is 0 Å². The van der Waals surface area contributed by atoms with Crippen molar-refractivity contribution in [3.63, 3.8) is 0 Å². The average Bonchev–Trinajstić information content (AvgIpc) is 2.05.